The van der Waals surface area contributed by atoms with Gasteiger partial charge < -0.3 is 9.80 Å². The van der Waals surface area contributed by atoms with Gasteiger partial charge in [0.25, 0.3) is 0 Å². The Labute approximate surface area is 133 Å². The molecule has 120 valence electrons. The summed E-state index contributed by atoms with van der Waals surface area (Å²) in [5.41, 5.74) is 1.50. The Kier molecular flexibility index (Phi) is 3.83. The molecule has 0 saturated carbocycles. The van der Waals surface area contributed by atoms with E-state index >= 15 is 0 Å². The van der Waals surface area contributed by atoms with E-state index in [1.165, 1.54) is 0 Å². The number of nitrogens with one attached hydrogen (secondary N) is 1. The van der Waals surface area contributed by atoms with E-state index < -0.39 is 10.0 Å². The van der Waals surface area contributed by atoms with Gasteiger partial charge in [0, 0.05) is 37.9 Å². The zero-order valence-electron chi connectivity index (χ0n) is 12.4. The Hall–Kier alpha value is -1.65. The molecule has 3 rings (SSSR count). The van der Waals surface area contributed by atoms with Crippen LogP contribution in [0.25, 0.3) is 0 Å². The summed E-state index contributed by atoms with van der Waals surface area (Å²) < 4.78 is 23.1. The van der Waals surface area contributed by atoms with Gasteiger partial charge in [-0.1, -0.05) is 11.3 Å². The predicted octanol–water partition coefficient (Wildman–Crippen LogP) is 0.457. The van der Waals surface area contributed by atoms with Crippen LogP contribution in [0.15, 0.2) is 10.3 Å². The van der Waals surface area contributed by atoms with Crippen molar-refractivity contribution in [2.45, 2.75) is 18.1 Å². The van der Waals surface area contributed by atoms with Crippen molar-refractivity contribution < 1.29 is 8.42 Å². The molecule has 1 aliphatic heterocycles. The highest BCUT2D eigenvalue weighted by molar-refractivity contribution is 7.91. The summed E-state index contributed by atoms with van der Waals surface area (Å²) in [5, 5.41) is 13.1. The molecule has 22 heavy (non-hydrogen) atoms. The van der Waals surface area contributed by atoms with Crippen molar-refractivity contribution in [2.75, 3.05) is 36.0 Å². The number of nitrogens with zero attached hydrogens (tertiary/aromatic N) is 4. The second-order valence-electron chi connectivity index (χ2n) is 5.30. The highest BCUT2D eigenvalue weighted by Crippen LogP contribution is 2.30. The lowest BCUT2D eigenvalue weighted by Gasteiger charge is -2.34. The van der Waals surface area contributed by atoms with Crippen LogP contribution < -0.4 is 14.9 Å². The number of nitrogens with two attached hydrogens (primary N) is 1. The first-order chi connectivity index (χ1) is 10.3. The van der Waals surface area contributed by atoms with Crippen LogP contribution in [0.3, 0.4) is 0 Å². The summed E-state index contributed by atoms with van der Waals surface area (Å²) in [6.07, 6.45) is 0. The molecule has 0 amide bonds. The molecular formula is C12H18N6O2S2. The lowest BCUT2D eigenvalue weighted by molar-refractivity contribution is 0.599. The molecule has 3 heterocycles. The van der Waals surface area contributed by atoms with Crippen molar-refractivity contribution in [3.8, 4) is 0 Å². The minimum atomic E-state index is -3.70. The smallest absolute Gasteiger partial charge is 0.249 e. The first kappa shape index (κ1) is 15.3. The minimum Gasteiger partial charge on any atom is -0.352 e. The van der Waals surface area contributed by atoms with Crippen molar-refractivity contribution in [1.29, 1.82) is 0 Å². The molecule has 2 aromatic rings. The van der Waals surface area contributed by atoms with Gasteiger partial charge in [-0.05, 0) is 13.8 Å². The number of hydrogen-bond acceptors (Lipinski definition) is 7. The normalized spacial score (nSPS) is 16.3. The quantitative estimate of drug-likeness (QED) is 0.839. The number of aromatic nitrogens is 3. The Morgan fingerprint density at radius 1 is 1.23 bits per heavy atom. The number of rotatable bonds is 3. The largest absolute Gasteiger partial charge is 0.352 e. The first-order valence-corrected chi connectivity index (χ1v) is 9.23. The lowest BCUT2D eigenvalue weighted by atomic mass is 10.3. The van der Waals surface area contributed by atoms with Crippen LogP contribution in [-0.2, 0) is 10.0 Å². The monoisotopic (exact) mass is 342 g/mol. The SMILES string of the molecule is Cc1cc(N2CCN(c3nc(C)c(S(N)(=O)=O)s3)CC2)n[nH]1. The second-order valence-corrected chi connectivity index (χ2v) is 8.03. The van der Waals surface area contributed by atoms with Crippen molar-refractivity contribution in [2.24, 2.45) is 5.14 Å². The first-order valence-electron chi connectivity index (χ1n) is 6.87. The Morgan fingerprint density at radius 3 is 2.36 bits per heavy atom. The summed E-state index contributed by atoms with van der Waals surface area (Å²) in [6, 6.07) is 2.02. The summed E-state index contributed by atoms with van der Waals surface area (Å²) in [7, 11) is -3.70. The molecule has 0 atom stereocenters. The van der Waals surface area contributed by atoms with Crippen LogP contribution in [0.2, 0.25) is 0 Å². The molecule has 1 fully saturated rings. The summed E-state index contributed by atoms with van der Waals surface area (Å²) >= 11 is 1.14. The summed E-state index contributed by atoms with van der Waals surface area (Å²) in [5.74, 6) is 0.942. The number of aromatic amines is 1. The van der Waals surface area contributed by atoms with Gasteiger partial charge in [0.2, 0.25) is 10.0 Å². The van der Waals surface area contributed by atoms with Crippen molar-refractivity contribution >= 4 is 32.3 Å². The van der Waals surface area contributed by atoms with Gasteiger partial charge in [0.15, 0.2) is 15.2 Å². The number of anilines is 2. The fourth-order valence-electron chi connectivity index (χ4n) is 2.46. The minimum absolute atomic E-state index is 0.146. The number of thiazole rings is 1. The van der Waals surface area contributed by atoms with Crippen LogP contribution in [-0.4, -0.2) is 49.8 Å². The zero-order chi connectivity index (χ0) is 15.9. The molecule has 0 bridgehead atoms. The van der Waals surface area contributed by atoms with Crippen LogP contribution in [0, 0.1) is 13.8 Å². The number of H-pyrrole nitrogens is 1. The number of aryl methyl sites for hydroxylation is 2. The van der Waals surface area contributed by atoms with Crippen LogP contribution >= 0.6 is 11.3 Å². The third-order valence-electron chi connectivity index (χ3n) is 3.57. The fraction of sp³-hybridized carbons (Fsp3) is 0.500. The van der Waals surface area contributed by atoms with E-state index in [9.17, 15) is 8.42 Å². The molecule has 2 aromatic heterocycles. The Morgan fingerprint density at radius 2 is 1.86 bits per heavy atom. The van der Waals surface area contributed by atoms with E-state index in [0.717, 1.165) is 49.0 Å². The van der Waals surface area contributed by atoms with E-state index in [-0.39, 0.29) is 4.21 Å². The molecule has 0 unspecified atom stereocenters. The second kappa shape index (κ2) is 5.52. The van der Waals surface area contributed by atoms with Crippen molar-refractivity contribution in [3.63, 3.8) is 0 Å². The van der Waals surface area contributed by atoms with Gasteiger partial charge >= 0.3 is 0 Å². The van der Waals surface area contributed by atoms with E-state index in [1.54, 1.807) is 6.92 Å². The van der Waals surface area contributed by atoms with Gasteiger partial charge in [-0.25, -0.2) is 18.5 Å². The highest BCUT2D eigenvalue weighted by atomic mass is 32.2. The molecule has 0 spiro atoms. The van der Waals surface area contributed by atoms with Gasteiger partial charge in [-0.2, -0.15) is 5.10 Å². The Bertz CT molecular complexity index is 773. The number of piperazine rings is 1. The average Bonchev–Trinajstić information content (AvgIpc) is 3.05. The molecule has 0 aliphatic carbocycles. The molecule has 1 saturated heterocycles. The molecule has 3 N–H and O–H groups in total. The number of primary sulfonamides is 1. The summed E-state index contributed by atoms with van der Waals surface area (Å²) in [4.78, 5) is 8.63. The van der Waals surface area contributed by atoms with Crippen molar-refractivity contribution in [1.82, 2.24) is 15.2 Å². The number of sulfonamides is 1. The van der Waals surface area contributed by atoms with E-state index in [0.29, 0.717) is 10.8 Å². The van der Waals surface area contributed by atoms with E-state index in [2.05, 4.69) is 25.0 Å². The third-order valence-corrected chi connectivity index (χ3v) is 6.34. The highest BCUT2D eigenvalue weighted by Gasteiger charge is 2.24. The maximum atomic E-state index is 11.5. The average molecular weight is 342 g/mol. The van der Waals surface area contributed by atoms with E-state index in [4.69, 9.17) is 5.14 Å². The molecule has 0 aromatic carbocycles. The fourth-order valence-corrected chi connectivity index (χ4v) is 4.46. The Balaban J connectivity index is 1.72. The zero-order valence-corrected chi connectivity index (χ0v) is 14.0. The van der Waals surface area contributed by atoms with Crippen LogP contribution in [0.1, 0.15) is 11.4 Å². The lowest BCUT2D eigenvalue weighted by Crippen LogP contribution is -2.46. The standard InChI is InChI=1S/C12H18N6O2S2/c1-8-7-10(16-15-8)17-3-5-18(6-4-17)12-14-9(2)11(21-12)22(13,19)20/h7H,3-6H2,1-2H3,(H,15,16)(H2,13,19,20). The van der Waals surface area contributed by atoms with Gasteiger partial charge in [-0.3, -0.25) is 5.10 Å². The molecular weight excluding hydrogens is 324 g/mol. The van der Waals surface area contributed by atoms with Gasteiger partial charge in [-0.15, -0.1) is 0 Å². The van der Waals surface area contributed by atoms with Crippen LogP contribution in [0.5, 0.6) is 0 Å². The van der Waals surface area contributed by atoms with Gasteiger partial charge in [0.1, 0.15) is 0 Å². The van der Waals surface area contributed by atoms with Crippen molar-refractivity contribution in [3.05, 3.63) is 17.5 Å². The predicted molar refractivity (Wildman–Crippen MR) is 86.0 cm³/mol. The molecule has 1 aliphatic rings. The maximum absolute atomic E-state index is 11.5. The summed E-state index contributed by atoms with van der Waals surface area (Å²) in [6.45, 7) is 6.80. The third kappa shape index (κ3) is 2.94. The molecule has 0 radical (unpaired) electrons. The topological polar surface area (TPSA) is 108 Å². The van der Waals surface area contributed by atoms with E-state index in [1.807, 2.05) is 13.0 Å². The maximum Gasteiger partial charge on any atom is 0.249 e. The molecule has 8 nitrogen and oxygen atoms in total. The molecule has 10 heteroatoms. The van der Waals surface area contributed by atoms with Crippen LogP contribution in [0.4, 0.5) is 10.9 Å². The number of hydrogen-bond donors (Lipinski definition) is 2. The van der Waals surface area contributed by atoms with Gasteiger partial charge in [0.05, 0.1) is 5.69 Å².